The second kappa shape index (κ2) is 8.61. The van der Waals surface area contributed by atoms with Crippen LogP contribution in [0.25, 0.3) is 0 Å². The normalized spacial score (nSPS) is 15.2. The van der Waals surface area contributed by atoms with Gasteiger partial charge in [-0.25, -0.2) is 0 Å². The number of carbonyl (C=O) groups excluding carboxylic acids is 2. The number of fused-ring (bicyclic) bond motifs is 1. The number of nitrogens with zero attached hydrogens (tertiary/aromatic N) is 1. The monoisotopic (exact) mass is 359 g/mol. The molecule has 0 saturated carbocycles. The molecule has 0 aliphatic carbocycles. The minimum Gasteiger partial charge on any atom is -0.353 e. The summed E-state index contributed by atoms with van der Waals surface area (Å²) in [6.45, 7) is 6.60. The third-order valence-electron chi connectivity index (χ3n) is 3.84. The minimum atomic E-state index is -0.615. The van der Waals surface area contributed by atoms with Gasteiger partial charge in [0.05, 0.1) is 22.9 Å². The summed E-state index contributed by atoms with van der Waals surface area (Å²) in [5.41, 5.74) is 0.857. The molecule has 1 aromatic carbocycles. The fourth-order valence-electron chi connectivity index (χ4n) is 2.82. The van der Waals surface area contributed by atoms with Gasteiger partial charge in [-0.1, -0.05) is 24.5 Å². The fraction of sp³-hybridized carbons (Fsp3) is 0.500. The molecule has 0 N–H and O–H groups in total. The van der Waals surface area contributed by atoms with Crippen LogP contribution in [-0.4, -0.2) is 41.2 Å². The molecule has 2 amide bonds. The molecule has 5 heteroatoms. The van der Waals surface area contributed by atoms with Crippen molar-refractivity contribution in [2.45, 2.75) is 45.6 Å². The Kier molecular flexibility index (Phi) is 6.76. The van der Waals surface area contributed by atoms with Crippen LogP contribution < -0.4 is 0 Å². The number of amides is 2. The third kappa shape index (κ3) is 5.39. The highest BCUT2D eigenvalue weighted by Gasteiger charge is 2.34. The summed E-state index contributed by atoms with van der Waals surface area (Å²) in [6.07, 6.45) is 9.81. The summed E-state index contributed by atoms with van der Waals surface area (Å²) in [4.78, 5) is 25.9. The van der Waals surface area contributed by atoms with Gasteiger partial charge in [-0.2, -0.15) is 0 Å². The lowest BCUT2D eigenvalue weighted by molar-refractivity contribution is 0.0651. The highest BCUT2D eigenvalue weighted by Crippen LogP contribution is 2.41. The predicted octanol–water partition coefficient (Wildman–Crippen LogP) is 4.30. The Morgan fingerprint density at radius 2 is 1.68 bits per heavy atom. The zero-order chi connectivity index (χ0) is 18.4. The van der Waals surface area contributed by atoms with Gasteiger partial charge in [-0.3, -0.25) is 14.5 Å². The molecule has 0 bridgehead atoms. The molecule has 1 unspecified atom stereocenters. The van der Waals surface area contributed by atoms with Crippen molar-refractivity contribution < 1.29 is 14.1 Å². The van der Waals surface area contributed by atoms with E-state index in [0.29, 0.717) is 23.8 Å². The van der Waals surface area contributed by atoms with Crippen molar-refractivity contribution in [1.82, 2.24) is 4.90 Å². The number of imide groups is 1. The maximum Gasteiger partial charge on any atom is 0.261 e. The first-order chi connectivity index (χ1) is 11.8. The van der Waals surface area contributed by atoms with Crippen molar-refractivity contribution >= 4 is 20.0 Å². The summed E-state index contributed by atoms with van der Waals surface area (Å²) in [7, 11) is -0.615. The average molecular weight is 359 g/mol. The zero-order valence-electron chi connectivity index (χ0n) is 15.2. The Labute approximate surface area is 151 Å². The number of unbranched alkanes of at least 4 members (excludes halogenated alkanes) is 2. The van der Waals surface area contributed by atoms with Gasteiger partial charge in [-0.15, -0.1) is 6.42 Å². The molecule has 1 aliphatic heterocycles. The second-order valence-corrected chi connectivity index (χ2v) is 9.05. The van der Waals surface area contributed by atoms with Crippen LogP contribution in [0.15, 0.2) is 24.3 Å². The summed E-state index contributed by atoms with van der Waals surface area (Å²) in [6, 6.07) is 7.01. The van der Waals surface area contributed by atoms with E-state index in [-0.39, 0.29) is 17.4 Å². The van der Waals surface area contributed by atoms with E-state index in [4.69, 9.17) is 10.9 Å². The van der Waals surface area contributed by atoms with Gasteiger partial charge in [0.1, 0.15) is 0 Å². The van der Waals surface area contributed by atoms with Crippen LogP contribution in [0.1, 0.15) is 60.7 Å². The van der Waals surface area contributed by atoms with E-state index < -0.39 is 8.15 Å². The van der Waals surface area contributed by atoms with Gasteiger partial charge in [0.25, 0.3) is 11.8 Å². The lowest BCUT2D eigenvalue weighted by atomic mass is 10.1. The Morgan fingerprint density at radius 1 is 1.08 bits per heavy atom. The van der Waals surface area contributed by atoms with E-state index in [1.165, 1.54) is 4.90 Å². The van der Waals surface area contributed by atoms with Gasteiger partial charge in [0, 0.05) is 14.7 Å². The number of hydrogen-bond acceptors (Lipinski definition) is 3. The molecule has 1 atom stereocenters. The van der Waals surface area contributed by atoms with Gasteiger partial charge in [-0.05, 0) is 51.9 Å². The van der Waals surface area contributed by atoms with E-state index >= 15 is 0 Å². The Morgan fingerprint density at radius 3 is 2.20 bits per heavy atom. The van der Waals surface area contributed by atoms with Crippen LogP contribution >= 0.6 is 8.15 Å². The first-order valence-corrected chi connectivity index (χ1v) is 10.3. The SMILES string of the molecule is C#CCP(CCCCCN1C(=O)c2ccccc2C1=O)OC(C)(C)C. The quantitative estimate of drug-likeness (QED) is 0.301. The van der Waals surface area contributed by atoms with Crippen LogP contribution in [0.3, 0.4) is 0 Å². The second-order valence-electron chi connectivity index (χ2n) is 7.14. The van der Waals surface area contributed by atoms with Gasteiger partial charge in [0.15, 0.2) is 0 Å². The lowest BCUT2D eigenvalue weighted by Crippen LogP contribution is -2.30. The molecule has 0 fully saturated rings. The van der Waals surface area contributed by atoms with Crippen LogP contribution in [0, 0.1) is 12.3 Å². The zero-order valence-corrected chi connectivity index (χ0v) is 16.1. The molecule has 2 rings (SSSR count). The molecule has 1 aliphatic rings. The van der Waals surface area contributed by atoms with Gasteiger partial charge >= 0.3 is 0 Å². The van der Waals surface area contributed by atoms with Crippen LogP contribution in [-0.2, 0) is 4.52 Å². The maximum absolute atomic E-state index is 12.3. The maximum atomic E-state index is 12.3. The summed E-state index contributed by atoms with van der Waals surface area (Å²) >= 11 is 0. The number of terminal acetylenes is 1. The topological polar surface area (TPSA) is 46.6 Å². The summed E-state index contributed by atoms with van der Waals surface area (Å²) in [5, 5.41) is 0. The van der Waals surface area contributed by atoms with Crippen LogP contribution in [0.2, 0.25) is 0 Å². The highest BCUT2D eigenvalue weighted by atomic mass is 31.1. The van der Waals surface area contributed by atoms with Crippen molar-refractivity contribution in [3.63, 3.8) is 0 Å². The van der Waals surface area contributed by atoms with Crippen molar-refractivity contribution in [1.29, 1.82) is 0 Å². The standard InChI is InChI=1S/C20H26NO3P/c1-5-14-25(24-20(2,3)4)15-10-6-9-13-21-18(22)16-11-7-8-12-17(16)19(21)23/h1,7-8,11-12H,6,9-10,13-15H2,2-4H3. The van der Waals surface area contributed by atoms with Crippen molar-refractivity contribution in [3.05, 3.63) is 35.4 Å². The molecule has 0 spiro atoms. The molecule has 4 nitrogen and oxygen atoms in total. The number of hydrogen-bond donors (Lipinski definition) is 0. The van der Waals surface area contributed by atoms with Gasteiger partial charge < -0.3 is 4.52 Å². The van der Waals surface area contributed by atoms with E-state index in [1.807, 2.05) is 20.8 Å². The number of rotatable bonds is 8. The summed E-state index contributed by atoms with van der Waals surface area (Å²) in [5.74, 6) is 2.35. The Hall–Kier alpha value is -1.69. The van der Waals surface area contributed by atoms with E-state index in [2.05, 4.69) is 5.92 Å². The van der Waals surface area contributed by atoms with Crippen LogP contribution in [0.5, 0.6) is 0 Å². The lowest BCUT2D eigenvalue weighted by Gasteiger charge is -2.26. The van der Waals surface area contributed by atoms with E-state index in [9.17, 15) is 9.59 Å². The highest BCUT2D eigenvalue weighted by molar-refractivity contribution is 7.52. The molecular weight excluding hydrogens is 333 g/mol. The minimum absolute atomic E-state index is 0.175. The Balaban J connectivity index is 1.76. The first kappa shape index (κ1) is 19.6. The van der Waals surface area contributed by atoms with E-state index in [1.54, 1.807) is 24.3 Å². The molecule has 25 heavy (non-hydrogen) atoms. The average Bonchev–Trinajstić information content (AvgIpc) is 2.78. The van der Waals surface area contributed by atoms with Crippen molar-refractivity contribution in [2.24, 2.45) is 0 Å². The van der Waals surface area contributed by atoms with Crippen LogP contribution in [0.4, 0.5) is 0 Å². The largest absolute Gasteiger partial charge is 0.353 e. The molecule has 134 valence electrons. The smallest absolute Gasteiger partial charge is 0.261 e. The van der Waals surface area contributed by atoms with Crippen molar-refractivity contribution in [3.8, 4) is 12.3 Å². The number of benzene rings is 1. The molecule has 0 radical (unpaired) electrons. The Bertz CT molecular complexity index is 637. The fourth-order valence-corrected chi connectivity index (χ4v) is 4.69. The molecular formula is C20H26NO3P. The molecule has 0 aromatic heterocycles. The molecule has 1 heterocycles. The third-order valence-corrected chi connectivity index (χ3v) is 5.99. The van der Waals surface area contributed by atoms with Crippen molar-refractivity contribution in [2.75, 3.05) is 18.9 Å². The number of carbonyl (C=O) groups is 2. The first-order valence-electron chi connectivity index (χ1n) is 8.66. The van der Waals surface area contributed by atoms with E-state index in [0.717, 1.165) is 25.4 Å². The summed E-state index contributed by atoms with van der Waals surface area (Å²) < 4.78 is 6.04. The molecule has 1 aromatic rings. The predicted molar refractivity (Wildman–Crippen MR) is 102 cm³/mol. The van der Waals surface area contributed by atoms with Gasteiger partial charge in [0.2, 0.25) is 0 Å². The molecule has 0 saturated heterocycles.